The molecule has 2 saturated carbocycles. The summed E-state index contributed by atoms with van der Waals surface area (Å²) in [6, 6.07) is 7.86. The number of rotatable bonds is 3. The van der Waals surface area contributed by atoms with Crippen molar-refractivity contribution in [3.8, 4) is 0 Å². The summed E-state index contributed by atoms with van der Waals surface area (Å²) in [6.07, 6.45) is 6.26. The Kier molecular flexibility index (Phi) is 5.31. The highest BCUT2D eigenvalue weighted by atomic mass is 79.9. The third-order valence-electron chi connectivity index (χ3n) is 5.94. The van der Waals surface area contributed by atoms with E-state index < -0.39 is 0 Å². The largest absolute Gasteiger partial charge is 0.459 e. The van der Waals surface area contributed by atoms with Crippen LogP contribution in [0.25, 0.3) is 0 Å². The van der Waals surface area contributed by atoms with E-state index in [-0.39, 0.29) is 29.7 Å². The highest BCUT2D eigenvalue weighted by Crippen LogP contribution is 2.45. The molecule has 2 fully saturated rings. The highest BCUT2D eigenvalue weighted by molar-refractivity contribution is 9.10. The van der Waals surface area contributed by atoms with E-state index in [2.05, 4.69) is 15.9 Å². The normalized spacial score (nSPS) is 26.0. The molecule has 1 heterocycles. The first kappa shape index (κ1) is 18.6. The molecular weight excluding hydrogens is 406 g/mol. The number of ketones is 1. The number of aliphatic imine (C=N–C) groups is 1. The smallest absolute Gasteiger partial charge is 0.336 e. The number of carbonyl (C=O) groups excluding carboxylic acids is 2. The van der Waals surface area contributed by atoms with Gasteiger partial charge in [0.25, 0.3) is 0 Å². The standard InChI is InChI=1S/C22H24BrNO3/c1-13-19(22(26)27-14-7-2-3-8-14)20(15-9-4-5-10-16(15)23)21-17(24-13)11-6-12-18(21)25/h4-5,9-10,14,20-21H,2-3,6-8,11-12H2,1H3/t20-,21+/m0/s1. The van der Waals surface area contributed by atoms with E-state index in [1.54, 1.807) is 0 Å². The topological polar surface area (TPSA) is 55.7 Å². The highest BCUT2D eigenvalue weighted by Gasteiger charge is 2.44. The van der Waals surface area contributed by atoms with Crippen LogP contribution in [0, 0.1) is 5.92 Å². The van der Waals surface area contributed by atoms with Gasteiger partial charge in [-0.15, -0.1) is 0 Å². The van der Waals surface area contributed by atoms with Crippen LogP contribution in [-0.4, -0.2) is 23.6 Å². The lowest BCUT2D eigenvalue weighted by atomic mass is 9.69. The molecule has 5 heteroatoms. The van der Waals surface area contributed by atoms with E-state index >= 15 is 0 Å². The van der Waals surface area contributed by atoms with E-state index in [0.717, 1.165) is 54.3 Å². The number of ether oxygens (including phenoxy) is 1. The Morgan fingerprint density at radius 1 is 1.11 bits per heavy atom. The van der Waals surface area contributed by atoms with Gasteiger partial charge in [-0.1, -0.05) is 34.1 Å². The van der Waals surface area contributed by atoms with Crippen LogP contribution < -0.4 is 0 Å². The Balaban J connectivity index is 1.79. The van der Waals surface area contributed by atoms with Crippen LogP contribution in [-0.2, 0) is 14.3 Å². The first-order valence-electron chi connectivity index (χ1n) is 9.82. The molecule has 0 N–H and O–H groups in total. The molecule has 27 heavy (non-hydrogen) atoms. The van der Waals surface area contributed by atoms with Gasteiger partial charge >= 0.3 is 5.97 Å². The third-order valence-corrected chi connectivity index (χ3v) is 6.67. The van der Waals surface area contributed by atoms with Gasteiger partial charge in [0, 0.05) is 28.2 Å². The number of Topliss-reactive ketones (excluding diaryl/α,β-unsaturated/α-hetero) is 1. The molecule has 1 aromatic rings. The van der Waals surface area contributed by atoms with Gasteiger partial charge < -0.3 is 4.74 Å². The molecule has 0 aromatic heterocycles. The number of carbonyl (C=O) groups is 2. The van der Waals surface area contributed by atoms with Gasteiger partial charge in [-0.25, -0.2) is 4.79 Å². The number of hydrogen-bond donors (Lipinski definition) is 0. The summed E-state index contributed by atoms with van der Waals surface area (Å²) in [5, 5.41) is 0. The molecule has 0 radical (unpaired) electrons. The van der Waals surface area contributed by atoms with Gasteiger partial charge in [0.2, 0.25) is 0 Å². The van der Waals surface area contributed by atoms with E-state index in [1.165, 1.54) is 0 Å². The quantitative estimate of drug-likeness (QED) is 0.626. The van der Waals surface area contributed by atoms with Gasteiger partial charge in [0.1, 0.15) is 11.9 Å². The average Bonchev–Trinajstić information content (AvgIpc) is 3.14. The van der Waals surface area contributed by atoms with Gasteiger partial charge in [-0.2, -0.15) is 0 Å². The maximum absolute atomic E-state index is 13.2. The maximum atomic E-state index is 13.2. The fraction of sp³-hybridized carbons (Fsp3) is 0.500. The zero-order valence-corrected chi connectivity index (χ0v) is 17.1. The second-order valence-electron chi connectivity index (χ2n) is 7.71. The molecule has 0 spiro atoms. The first-order chi connectivity index (χ1) is 13.1. The van der Waals surface area contributed by atoms with Crippen molar-refractivity contribution in [3.05, 3.63) is 45.6 Å². The molecule has 2 atom stereocenters. The third kappa shape index (κ3) is 3.54. The van der Waals surface area contributed by atoms with Gasteiger partial charge in [-0.05, 0) is 57.1 Å². The van der Waals surface area contributed by atoms with Crippen molar-refractivity contribution in [2.24, 2.45) is 10.9 Å². The summed E-state index contributed by atoms with van der Waals surface area (Å²) in [4.78, 5) is 30.7. The molecule has 0 bridgehead atoms. The van der Waals surface area contributed by atoms with Crippen molar-refractivity contribution in [1.29, 1.82) is 0 Å². The van der Waals surface area contributed by atoms with Crippen molar-refractivity contribution in [3.63, 3.8) is 0 Å². The summed E-state index contributed by atoms with van der Waals surface area (Å²) in [5.41, 5.74) is 3.13. The molecule has 1 aromatic carbocycles. The first-order valence-corrected chi connectivity index (χ1v) is 10.6. The van der Waals surface area contributed by atoms with Crippen molar-refractivity contribution in [2.45, 2.75) is 63.9 Å². The molecule has 2 aliphatic carbocycles. The van der Waals surface area contributed by atoms with Gasteiger partial charge in [0.05, 0.1) is 11.5 Å². The second-order valence-corrected chi connectivity index (χ2v) is 8.57. The number of nitrogens with zero attached hydrogens (tertiary/aromatic N) is 1. The van der Waals surface area contributed by atoms with Crippen LogP contribution >= 0.6 is 15.9 Å². The van der Waals surface area contributed by atoms with Crippen LogP contribution in [0.15, 0.2) is 45.0 Å². The molecule has 0 amide bonds. The number of esters is 1. The Morgan fingerprint density at radius 2 is 1.85 bits per heavy atom. The molecule has 0 saturated heterocycles. The maximum Gasteiger partial charge on any atom is 0.336 e. The molecule has 3 aliphatic rings. The van der Waals surface area contributed by atoms with E-state index in [0.29, 0.717) is 17.7 Å². The van der Waals surface area contributed by atoms with E-state index in [9.17, 15) is 9.59 Å². The van der Waals surface area contributed by atoms with Crippen LogP contribution in [0.4, 0.5) is 0 Å². The van der Waals surface area contributed by atoms with Crippen LogP contribution in [0.3, 0.4) is 0 Å². The molecule has 4 rings (SSSR count). The lowest BCUT2D eigenvalue weighted by Crippen LogP contribution is -2.39. The summed E-state index contributed by atoms with van der Waals surface area (Å²) >= 11 is 3.63. The minimum atomic E-state index is -0.354. The molecule has 1 aliphatic heterocycles. The Morgan fingerprint density at radius 3 is 2.59 bits per heavy atom. The van der Waals surface area contributed by atoms with Crippen molar-refractivity contribution in [2.75, 3.05) is 0 Å². The van der Waals surface area contributed by atoms with Crippen LogP contribution in [0.1, 0.15) is 63.4 Å². The van der Waals surface area contributed by atoms with Crippen molar-refractivity contribution < 1.29 is 14.3 Å². The van der Waals surface area contributed by atoms with Crippen molar-refractivity contribution >= 4 is 33.4 Å². The monoisotopic (exact) mass is 429 g/mol. The average molecular weight is 430 g/mol. The SMILES string of the molecule is CC1=C(C(=O)OC2CCCC2)[C@H](c2ccccc2Br)[C@H]2C(=O)CCCC2=N1. The minimum absolute atomic E-state index is 0.00917. The molecule has 4 nitrogen and oxygen atoms in total. The van der Waals surface area contributed by atoms with E-state index in [4.69, 9.17) is 9.73 Å². The second kappa shape index (κ2) is 7.70. The predicted octanol–water partition coefficient (Wildman–Crippen LogP) is 5.12. The fourth-order valence-corrected chi connectivity index (χ4v) is 5.20. The Bertz CT molecular complexity index is 836. The number of benzene rings is 1. The molecule has 142 valence electrons. The fourth-order valence-electron chi connectivity index (χ4n) is 4.67. The number of allylic oxidation sites excluding steroid dienone is 1. The zero-order valence-electron chi connectivity index (χ0n) is 15.5. The number of fused-ring (bicyclic) bond motifs is 1. The minimum Gasteiger partial charge on any atom is -0.459 e. The number of halogens is 1. The lowest BCUT2D eigenvalue weighted by molar-refractivity contribution is -0.144. The number of hydrogen-bond acceptors (Lipinski definition) is 4. The van der Waals surface area contributed by atoms with Crippen LogP contribution in [0.5, 0.6) is 0 Å². The lowest BCUT2D eigenvalue weighted by Gasteiger charge is -2.36. The summed E-state index contributed by atoms with van der Waals surface area (Å²) < 4.78 is 6.75. The van der Waals surface area contributed by atoms with Gasteiger partial charge in [-0.3, -0.25) is 9.79 Å². The zero-order chi connectivity index (χ0) is 19.0. The Hall–Kier alpha value is -1.75. The Labute approximate surface area is 168 Å². The van der Waals surface area contributed by atoms with Crippen molar-refractivity contribution in [1.82, 2.24) is 0 Å². The predicted molar refractivity (Wildman–Crippen MR) is 108 cm³/mol. The summed E-state index contributed by atoms with van der Waals surface area (Å²) in [5.74, 6) is -0.803. The van der Waals surface area contributed by atoms with Gasteiger partial charge in [0.15, 0.2) is 0 Å². The summed E-state index contributed by atoms with van der Waals surface area (Å²) in [6.45, 7) is 1.87. The molecular formula is C22H24BrNO3. The molecule has 0 unspecified atom stereocenters. The summed E-state index contributed by atoms with van der Waals surface area (Å²) in [7, 11) is 0. The van der Waals surface area contributed by atoms with E-state index in [1.807, 2.05) is 31.2 Å². The van der Waals surface area contributed by atoms with Crippen LogP contribution in [0.2, 0.25) is 0 Å².